The zero-order chi connectivity index (χ0) is 17.3. The summed E-state index contributed by atoms with van der Waals surface area (Å²) in [6, 6.07) is 5.81. The van der Waals surface area contributed by atoms with Gasteiger partial charge in [-0.1, -0.05) is 0 Å². The quantitative estimate of drug-likeness (QED) is 0.906. The molecule has 1 atom stereocenters. The highest BCUT2D eigenvalue weighted by atomic mass is 19.1. The number of rotatable bonds is 3. The molecule has 24 heavy (non-hydrogen) atoms. The fraction of sp³-hybridized carbons (Fsp3) is 0.333. The number of anilines is 1. The monoisotopic (exact) mass is 329 g/mol. The third-order valence-corrected chi connectivity index (χ3v) is 4.36. The molecule has 0 unspecified atom stereocenters. The van der Waals surface area contributed by atoms with E-state index in [9.17, 15) is 14.3 Å². The molecule has 0 bridgehead atoms. The molecule has 1 saturated heterocycles. The lowest BCUT2D eigenvalue weighted by atomic mass is 10.0. The number of aromatic nitrogens is 1. The highest BCUT2D eigenvalue weighted by molar-refractivity contribution is 5.96. The van der Waals surface area contributed by atoms with Crippen molar-refractivity contribution in [3.05, 3.63) is 47.4 Å². The minimum absolute atomic E-state index is 0.0807. The van der Waals surface area contributed by atoms with Crippen molar-refractivity contribution in [1.82, 2.24) is 9.88 Å². The van der Waals surface area contributed by atoms with Crippen molar-refractivity contribution in [3.63, 3.8) is 0 Å². The van der Waals surface area contributed by atoms with Crippen molar-refractivity contribution in [2.75, 3.05) is 18.9 Å². The van der Waals surface area contributed by atoms with Crippen molar-refractivity contribution in [2.45, 2.75) is 25.8 Å². The molecule has 0 spiro atoms. The van der Waals surface area contributed by atoms with E-state index in [4.69, 9.17) is 5.73 Å². The third kappa shape index (κ3) is 3.10. The molecular weight excluding hydrogens is 309 g/mol. The van der Waals surface area contributed by atoms with E-state index in [1.807, 2.05) is 13.0 Å². The molecule has 1 amide bonds. The Hall–Kier alpha value is -2.47. The lowest BCUT2D eigenvalue weighted by Gasteiger charge is -2.23. The van der Waals surface area contributed by atoms with Crippen LogP contribution in [0.15, 0.2) is 30.5 Å². The first-order chi connectivity index (χ1) is 11.5. The molecule has 0 saturated carbocycles. The van der Waals surface area contributed by atoms with E-state index in [1.54, 1.807) is 17.2 Å². The van der Waals surface area contributed by atoms with E-state index in [1.165, 1.54) is 12.1 Å². The Morgan fingerprint density at radius 1 is 1.42 bits per heavy atom. The van der Waals surface area contributed by atoms with E-state index in [0.717, 1.165) is 18.4 Å². The molecule has 1 aromatic carbocycles. The number of benzene rings is 1. The molecule has 1 aliphatic rings. The van der Waals surface area contributed by atoms with Gasteiger partial charge < -0.3 is 15.7 Å². The number of aliphatic hydroxyl groups is 1. The number of carbonyl (C=O) groups excluding carboxylic acids is 1. The maximum absolute atomic E-state index is 14.1. The fourth-order valence-corrected chi connectivity index (χ4v) is 3.14. The Labute approximate surface area is 139 Å². The Morgan fingerprint density at radius 3 is 2.96 bits per heavy atom. The predicted octanol–water partition coefficient (Wildman–Crippen LogP) is 2.38. The number of nitrogens with zero attached hydrogens (tertiary/aromatic N) is 2. The van der Waals surface area contributed by atoms with Crippen molar-refractivity contribution in [3.8, 4) is 11.1 Å². The van der Waals surface area contributed by atoms with Crippen LogP contribution >= 0.6 is 0 Å². The number of aryl methyl sites for hydroxylation is 1. The van der Waals surface area contributed by atoms with Gasteiger partial charge >= 0.3 is 0 Å². The third-order valence-electron chi connectivity index (χ3n) is 4.36. The Bertz CT molecular complexity index is 779. The van der Waals surface area contributed by atoms with Crippen LogP contribution in [0, 0.1) is 12.7 Å². The molecular formula is C18H20FN3O2. The van der Waals surface area contributed by atoms with Gasteiger partial charge in [0.05, 0.1) is 12.6 Å². The van der Waals surface area contributed by atoms with Crippen LogP contribution in [0.1, 0.15) is 28.8 Å². The second-order valence-corrected chi connectivity index (χ2v) is 6.15. The zero-order valence-electron chi connectivity index (χ0n) is 13.5. The normalized spacial score (nSPS) is 17.3. The van der Waals surface area contributed by atoms with Gasteiger partial charge in [0.15, 0.2) is 0 Å². The number of amides is 1. The van der Waals surface area contributed by atoms with Gasteiger partial charge in [-0.15, -0.1) is 0 Å². The number of nitrogens with two attached hydrogens (primary N) is 1. The molecule has 1 aromatic heterocycles. The first kappa shape index (κ1) is 16.4. The van der Waals surface area contributed by atoms with Gasteiger partial charge in [-0.25, -0.2) is 9.37 Å². The van der Waals surface area contributed by atoms with Crippen LogP contribution in [0.2, 0.25) is 0 Å². The summed E-state index contributed by atoms with van der Waals surface area (Å²) >= 11 is 0. The van der Waals surface area contributed by atoms with Crippen LogP contribution in [-0.4, -0.2) is 40.1 Å². The molecule has 3 rings (SSSR count). The Morgan fingerprint density at radius 2 is 2.21 bits per heavy atom. The largest absolute Gasteiger partial charge is 0.394 e. The summed E-state index contributed by atoms with van der Waals surface area (Å²) in [6.45, 7) is 2.37. The average Bonchev–Trinajstić information content (AvgIpc) is 3.04. The van der Waals surface area contributed by atoms with E-state index in [-0.39, 0.29) is 24.1 Å². The molecule has 0 aliphatic carbocycles. The summed E-state index contributed by atoms with van der Waals surface area (Å²) in [4.78, 5) is 18.4. The predicted molar refractivity (Wildman–Crippen MR) is 89.9 cm³/mol. The number of hydrogen-bond donors (Lipinski definition) is 2. The molecule has 1 aliphatic heterocycles. The second kappa shape index (κ2) is 6.57. The first-order valence-corrected chi connectivity index (χ1v) is 7.94. The summed E-state index contributed by atoms with van der Waals surface area (Å²) in [5.74, 6) is -0.484. The van der Waals surface area contributed by atoms with Crippen LogP contribution in [0.3, 0.4) is 0 Å². The van der Waals surface area contributed by atoms with E-state index in [0.29, 0.717) is 23.5 Å². The van der Waals surface area contributed by atoms with E-state index >= 15 is 0 Å². The van der Waals surface area contributed by atoms with Gasteiger partial charge in [-0.05, 0) is 55.2 Å². The Kier molecular flexibility index (Phi) is 4.49. The maximum Gasteiger partial charge on any atom is 0.254 e. The highest BCUT2D eigenvalue weighted by Gasteiger charge is 2.29. The number of aliphatic hydroxyl groups excluding tert-OH is 1. The number of likely N-dealkylation sites (tertiary alicyclic amines) is 1. The number of carbonyl (C=O) groups is 1. The number of halogens is 1. The smallest absolute Gasteiger partial charge is 0.254 e. The summed E-state index contributed by atoms with van der Waals surface area (Å²) in [5.41, 5.74) is 8.18. The van der Waals surface area contributed by atoms with Gasteiger partial charge in [0.2, 0.25) is 0 Å². The fourth-order valence-electron chi connectivity index (χ4n) is 3.14. The highest BCUT2D eigenvalue weighted by Crippen LogP contribution is 2.28. The molecule has 2 aromatic rings. The molecule has 1 fully saturated rings. The van der Waals surface area contributed by atoms with Gasteiger partial charge in [0, 0.05) is 23.9 Å². The van der Waals surface area contributed by atoms with Gasteiger partial charge in [0.1, 0.15) is 11.6 Å². The summed E-state index contributed by atoms with van der Waals surface area (Å²) in [6.07, 6.45) is 3.24. The van der Waals surface area contributed by atoms with Crippen molar-refractivity contribution < 1.29 is 14.3 Å². The standard InChI is InChI=1S/C18H20FN3O2/c1-11-5-16(17(20)21-9-11)12-6-13(8-14(19)7-12)18(24)22-4-2-3-15(22)10-23/h5-9,15,23H,2-4,10H2,1H3,(H2,20,21)/t15-/m1/s1. The van der Waals surface area contributed by atoms with Crippen LogP contribution in [0.25, 0.3) is 11.1 Å². The van der Waals surface area contributed by atoms with Gasteiger partial charge in [-0.2, -0.15) is 0 Å². The van der Waals surface area contributed by atoms with Crippen LogP contribution in [0.5, 0.6) is 0 Å². The average molecular weight is 329 g/mol. The molecule has 5 nitrogen and oxygen atoms in total. The zero-order valence-corrected chi connectivity index (χ0v) is 13.5. The SMILES string of the molecule is Cc1cnc(N)c(-c2cc(F)cc(C(=O)N3CCC[C@@H]3CO)c2)c1. The van der Waals surface area contributed by atoms with E-state index < -0.39 is 5.82 Å². The summed E-state index contributed by atoms with van der Waals surface area (Å²) in [7, 11) is 0. The minimum atomic E-state index is -0.503. The van der Waals surface area contributed by atoms with Gasteiger partial charge in [0.25, 0.3) is 5.91 Å². The summed E-state index contributed by atoms with van der Waals surface area (Å²) < 4.78 is 14.1. The lowest BCUT2D eigenvalue weighted by Crippen LogP contribution is -2.37. The summed E-state index contributed by atoms with van der Waals surface area (Å²) in [5, 5.41) is 9.39. The molecule has 3 N–H and O–H groups in total. The lowest BCUT2D eigenvalue weighted by molar-refractivity contribution is 0.0677. The number of pyridine rings is 1. The maximum atomic E-state index is 14.1. The number of nitrogen functional groups attached to an aromatic ring is 1. The van der Waals surface area contributed by atoms with Crippen molar-refractivity contribution in [2.24, 2.45) is 0 Å². The van der Waals surface area contributed by atoms with Gasteiger partial charge in [-0.3, -0.25) is 4.79 Å². The Balaban J connectivity index is 2.00. The molecule has 2 heterocycles. The van der Waals surface area contributed by atoms with Crippen LogP contribution < -0.4 is 5.73 Å². The topological polar surface area (TPSA) is 79.5 Å². The van der Waals surface area contributed by atoms with Crippen LogP contribution in [-0.2, 0) is 0 Å². The minimum Gasteiger partial charge on any atom is -0.394 e. The number of hydrogen-bond acceptors (Lipinski definition) is 4. The first-order valence-electron chi connectivity index (χ1n) is 7.94. The molecule has 6 heteroatoms. The molecule has 0 radical (unpaired) electrons. The van der Waals surface area contributed by atoms with Crippen LogP contribution in [0.4, 0.5) is 10.2 Å². The second-order valence-electron chi connectivity index (χ2n) is 6.15. The van der Waals surface area contributed by atoms with Crippen molar-refractivity contribution in [1.29, 1.82) is 0 Å². The van der Waals surface area contributed by atoms with Crippen molar-refractivity contribution >= 4 is 11.7 Å². The van der Waals surface area contributed by atoms with E-state index in [2.05, 4.69) is 4.98 Å². The molecule has 126 valence electrons.